The first-order valence-corrected chi connectivity index (χ1v) is 9.04. The van der Waals surface area contributed by atoms with E-state index in [1.54, 1.807) is 18.2 Å². The molecule has 2 heterocycles. The molecule has 21 heavy (non-hydrogen) atoms. The summed E-state index contributed by atoms with van der Waals surface area (Å²) in [6.45, 7) is 6.36. The fourth-order valence-electron chi connectivity index (χ4n) is 3.25. The Bertz CT molecular complexity index is 648. The Morgan fingerprint density at radius 2 is 1.95 bits per heavy atom. The number of ether oxygens (including phenoxy) is 1. The zero-order chi connectivity index (χ0) is 15.3. The Kier molecular flexibility index (Phi) is 3.41. The van der Waals surface area contributed by atoms with Gasteiger partial charge in [-0.05, 0) is 31.0 Å². The van der Waals surface area contributed by atoms with Gasteiger partial charge < -0.3 is 8.92 Å². The Hall–Kier alpha value is -1.27. The molecule has 0 spiro atoms. The van der Waals surface area contributed by atoms with Crippen LogP contribution >= 0.6 is 0 Å². The van der Waals surface area contributed by atoms with Crippen LogP contribution in [0.15, 0.2) is 18.2 Å². The van der Waals surface area contributed by atoms with Crippen molar-refractivity contribution in [3.8, 4) is 11.5 Å². The number of hydrogen-bond donors (Lipinski definition) is 0. The highest BCUT2D eigenvalue weighted by Crippen LogP contribution is 2.46. The van der Waals surface area contributed by atoms with Crippen LogP contribution in [-0.4, -0.2) is 38.9 Å². The molecule has 2 aliphatic rings. The molecule has 0 aliphatic carbocycles. The first-order valence-electron chi connectivity index (χ1n) is 7.22. The van der Waals surface area contributed by atoms with Gasteiger partial charge in [0.15, 0.2) is 6.23 Å². The Balaban J connectivity index is 1.92. The van der Waals surface area contributed by atoms with Crippen LogP contribution in [0.1, 0.15) is 32.3 Å². The lowest BCUT2D eigenvalue weighted by Gasteiger charge is -2.33. The fraction of sp³-hybridized carbons (Fsp3) is 0.600. The zero-order valence-electron chi connectivity index (χ0n) is 12.6. The highest BCUT2D eigenvalue weighted by Gasteiger charge is 2.45. The molecule has 1 aromatic carbocycles. The maximum atomic E-state index is 11.3. The van der Waals surface area contributed by atoms with Crippen molar-refractivity contribution < 1.29 is 17.3 Å². The van der Waals surface area contributed by atoms with Gasteiger partial charge in [-0.15, -0.1) is 0 Å². The topological polar surface area (TPSA) is 55.8 Å². The molecule has 6 heteroatoms. The van der Waals surface area contributed by atoms with Gasteiger partial charge in [-0.3, -0.25) is 4.90 Å². The van der Waals surface area contributed by atoms with Gasteiger partial charge in [-0.2, -0.15) is 8.42 Å². The number of likely N-dealkylation sites (tertiary alicyclic amines) is 1. The summed E-state index contributed by atoms with van der Waals surface area (Å²) in [6.07, 6.45) is 3.46. The molecule has 2 aliphatic heterocycles. The van der Waals surface area contributed by atoms with Gasteiger partial charge in [0, 0.05) is 24.1 Å². The fourth-order valence-corrected chi connectivity index (χ4v) is 3.70. The second kappa shape index (κ2) is 4.88. The highest BCUT2D eigenvalue weighted by atomic mass is 32.2. The maximum absolute atomic E-state index is 11.3. The first-order chi connectivity index (χ1) is 9.77. The molecule has 0 radical (unpaired) electrons. The zero-order valence-corrected chi connectivity index (χ0v) is 13.4. The second-order valence-corrected chi connectivity index (χ2v) is 7.96. The standard InChI is InChI=1S/C15H21NO4S/c1-15(2)12-10-11(20-21(3,17)18)6-7-13(12)19-14(15)16-8-4-5-9-16/h6-7,10,14H,4-5,8-9H2,1-3H3. The molecule has 3 rings (SSSR count). The van der Waals surface area contributed by atoms with Crippen LogP contribution in [-0.2, 0) is 15.5 Å². The first kappa shape index (κ1) is 14.7. The van der Waals surface area contributed by atoms with Crippen LogP contribution in [0.5, 0.6) is 11.5 Å². The molecule has 1 aromatic rings. The van der Waals surface area contributed by atoms with Crippen molar-refractivity contribution in [3.05, 3.63) is 23.8 Å². The predicted octanol–water partition coefficient (Wildman–Crippen LogP) is 2.12. The third-order valence-corrected chi connectivity index (χ3v) is 4.72. The van der Waals surface area contributed by atoms with Crippen LogP contribution < -0.4 is 8.92 Å². The van der Waals surface area contributed by atoms with Gasteiger partial charge in [0.05, 0.1) is 6.26 Å². The predicted molar refractivity (Wildman–Crippen MR) is 80.2 cm³/mol. The van der Waals surface area contributed by atoms with Gasteiger partial charge in [0.1, 0.15) is 11.5 Å². The van der Waals surface area contributed by atoms with E-state index < -0.39 is 10.1 Å². The van der Waals surface area contributed by atoms with Gasteiger partial charge in [-0.1, -0.05) is 13.8 Å². The summed E-state index contributed by atoms with van der Waals surface area (Å²) in [4.78, 5) is 2.36. The minimum Gasteiger partial charge on any atom is -0.474 e. The molecule has 1 fully saturated rings. The van der Waals surface area contributed by atoms with Crippen LogP contribution in [0.3, 0.4) is 0 Å². The maximum Gasteiger partial charge on any atom is 0.306 e. The number of nitrogens with zero attached hydrogens (tertiary/aromatic N) is 1. The van der Waals surface area contributed by atoms with Crippen molar-refractivity contribution in [2.24, 2.45) is 0 Å². The summed E-state index contributed by atoms with van der Waals surface area (Å²) in [5.74, 6) is 1.16. The van der Waals surface area contributed by atoms with E-state index in [4.69, 9.17) is 8.92 Å². The molecular weight excluding hydrogens is 290 g/mol. The number of hydrogen-bond acceptors (Lipinski definition) is 5. The lowest BCUT2D eigenvalue weighted by molar-refractivity contribution is 0.0143. The molecular formula is C15H21NO4S. The minimum absolute atomic E-state index is 0.00323. The summed E-state index contributed by atoms with van der Waals surface area (Å²) in [6, 6.07) is 5.22. The average Bonchev–Trinajstić information content (AvgIpc) is 2.95. The SMILES string of the molecule is CC1(C)c2cc(OS(C)(=O)=O)ccc2OC1N1CCCC1. The Morgan fingerprint density at radius 1 is 1.29 bits per heavy atom. The summed E-state index contributed by atoms with van der Waals surface area (Å²) in [5.41, 5.74) is 0.803. The average molecular weight is 311 g/mol. The van der Waals surface area contributed by atoms with Gasteiger partial charge in [0.25, 0.3) is 0 Å². The van der Waals surface area contributed by atoms with Crippen molar-refractivity contribution in [3.63, 3.8) is 0 Å². The molecule has 0 N–H and O–H groups in total. The van der Waals surface area contributed by atoms with Crippen molar-refractivity contribution in [1.82, 2.24) is 4.90 Å². The third-order valence-electron chi connectivity index (χ3n) is 4.22. The van der Waals surface area contributed by atoms with Crippen molar-refractivity contribution in [2.45, 2.75) is 38.3 Å². The van der Waals surface area contributed by atoms with E-state index in [1.807, 2.05) is 0 Å². The van der Waals surface area contributed by atoms with Gasteiger partial charge in [-0.25, -0.2) is 0 Å². The van der Waals surface area contributed by atoms with Crippen LogP contribution in [0.2, 0.25) is 0 Å². The number of benzene rings is 1. The second-order valence-electron chi connectivity index (χ2n) is 6.38. The summed E-state index contributed by atoms with van der Waals surface area (Å²) in [5, 5.41) is 0. The molecule has 116 valence electrons. The van der Waals surface area contributed by atoms with Crippen molar-refractivity contribution in [2.75, 3.05) is 19.3 Å². The largest absolute Gasteiger partial charge is 0.474 e. The summed E-state index contributed by atoms with van der Waals surface area (Å²) < 4.78 is 33.6. The molecule has 5 nitrogen and oxygen atoms in total. The Morgan fingerprint density at radius 3 is 2.57 bits per heavy atom. The van der Waals surface area contributed by atoms with E-state index in [2.05, 4.69) is 18.7 Å². The van der Waals surface area contributed by atoms with E-state index >= 15 is 0 Å². The quantitative estimate of drug-likeness (QED) is 0.800. The smallest absolute Gasteiger partial charge is 0.306 e. The summed E-state index contributed by atoms with van der Waals surface area (Å²) >= 11 is 0. The lowest BCUT2D eigenvalue weighted by Crippen LogP contribution is -2.46. The van der Waals surface area contributed by atoms with Gasteiger partial charge >= 0.3 is 10.1 Å². The van der Waals surface area contributed by atoms with E-state index in [-0.39, 0.29) is 11.6 Å². The normalized spacial score (nSPS) is 24.6. The molecule has 0 saturated carbocycles. The molecule has 0 amide bonds. The molecule has 0 aromatic heterocycles. The lowest BCUT2D eigenvalue weighted by atomic mass is 9.83. The van der Waals surface area contributed by atoms with E-state index in [1.165, 1.54) is 12.8 Å². The van der Waals surface area contributed by atoms with E-state index in [9.17, 15) is 8.42 Å². The van der Waals surface area contributed by atoms with Crippen LogP contribution in [0.25, 0.3) is 0 Å². The number of rotatable bonds is 3. The summed E-state index contributed by atoms with van der Waals surface area (Å²) in [7, 11) is -3.51. The van der Waals surface area contributed by atoms with Crippen LogP contribution in [0.4, 0.5) is 0 Å². The molecule has 1 saturated heterocycles. The third kappa shape index (κ3) is 2.74. The molecule has 1 atom stereocenters. The highest BCUT2D eigenvalue weighted by molar-refractivity contribution is 7.86. The molecule has 1 unspecified atom stereocenters. The van der Waals surface area contributed by atoms with Crippen molar-refractivity contribution >= 4 is 10.1 Å². The van der Waals surface area contributed by atoms with E-state index in [0.717, 1.165) is 30.7 Å². The van der Waals surface area contributed by atoms with Crippen molar-refractivity contribution in [1.29, 1.82) is 0 Å². The number of fused-ring (bicyclic) bond motifs is 1. The minimum atomic E-state index is -3.51. The molecule has 0 bridgehead atoms. The Labute approximate surface area is 126 Å². The van der Waals surface area contributed by atoms with Crippen LogP contribution in [0, 0.1) is 0 Å². The van der Waals surface area contributed by atoms with E-state index in [0.29, 0.717) is 5.75 Å². The monoisotopic (exact) mass is 311 g/mol. The van der Waals surface area contributed by atoms with Gasteiger partial charge in [0.2, 0.25) is 0 Å².